The minimum atomic E-state index is -0.201. The van der Waals surface area contributed by atoms with E-state index in [1.165, 1.54) is 11.8 Å². The van der Waals surface area contributed by atoms with E-state index in [1.54, 1.807) is 23.0 Å². The van der Waals surface area contributed by atoms with Gasteiger partial charge in [-0.05, 0) is 25.1 Å². The van der Waals surface area contributed by atoms with Crippen LogP contribution in [-0.4, -0.2) is 27.4 Å². The second kappa shape index (κ2) is 7.85. The highest BCUT2D eigenvalue weighted by Crippen LogP contribution is 2.25. The van der Waals surface area contributed by atoms with Gasteiger partial charge in [-0.1, -0.05) is 18.2 Å². The summed E-state index contributed by atoms with van der Waals surface area (Å²) in [6, 6.07) is 13.6. The van der Waals surface area contributed by atoms with Gasteiger partial charge in [0.2, 0.25) is 5.91 Å². The topological polar surface area (TPSA) is 83.1 Å². The van der Waals surface area contributed by atoms with E-state index >= 15 is 0 Å². The number of thioether (sulfide) groups is 1. The van der Waals surface area contributed by atoms with Crippen LogP contribution in [0.15, 0.2) is 52.6 Å². The second-order valence-electron chi connectivity index (χ2n) is 5.65. The Morgan fingerprint density at radius 2 is 2.23 bits per heavy atom. The maximum absolute atomic E-state index is 12.0. The van der Waals surface area contributed by atoms with Crippen molar-refractivity contribution < 1.29 is 4.79 Å². The molecule has 0 aliphatic rings. The van der Waals surface area contributed by atoms with E-state index in [4.69, 9.17) is 5.26 Å². The molecule has 1 aromatic carbocycles. The normalized spacial score (nSPS) is 11.0. The van der Waals surface area contributed by atoms with E-state index < -0.39 is 0 Å². The van der Waals surface area contributed by atoms with Gasteiger partial charge in [0.25, 0.3) is 0 Å². The van der Waals surface area contributed by atoms with E-state index in [0.29, 0.717) is 5.69 Å². The van der Waals surface area contributed by atoms with Crippen molar-refractivity contribution in [3.05, 3.63) is 59.5 Å². The number of carbonyl (C=O) groups is 1. The van der Waals surface area contributed by atoms with Crippen LogP contribution in [0.1, 0.15) is 17.0 Å². The van der Waals surface area contributed by atoms with Crippen LogP contribution in [0.25, 0.3) is 10.9 Å². The molecular weight excluding hydrogens is 346 g/mol. The molecule has 3 aromatic rings. The molecule has 0 aliphatic heterocycles. The zero-order valence-electron chi connectivity index (χ0n) is 14.4. The first-order chi connectivity index (χ1) is 12.6. The van der Waals surface area contributed by atoms with Crippen molar-refractivity contribution in [2.24, 2.45) is 12.1 Å². The lowest BCUT2D eigenvalue weighted by molar-refractivity contribution is -0.118. The molecule has 0 radical (unpaired) electrons. The lowest BCUT2D eigenvalue weighted by Crippen LogP contribution is -2.19. The number of rotatable bonds is 5. The third-order valence-electron chi connectivity index (χ3n) is 4.04. The number of nitriles is 1. The Morgan fingerprint density at radius 3 is 3.00 bits per heavy atom. The molecule has 2 heterocycles. The second-order valence-corrected chi connectivity index (χ2v) is 6.67. The molecule has 0 saturated heterocycles. The molecule has 3 rings (SSSR count). The molecule has 1 amide bonds. The van der Waals surface area contributed by atoms with Crippen molar-refractivity contribution in [3.8, 4) is 6.07 Å². The van der Waals surface area contributed by atoms with Crippen molar-refractivity contribution >= 4 is 34.8 Å². The van der Waals surface area contributed by atoms with Gasteiger partial charge in [0.15, 0.2) is 0 Å². The highest BCUT2D eigenvalue weighted by atomic mass is 32.2. The Balaban J connectivity index is 1.60. The van der Waals surface area contributed by atoms with Crippen molar-refractivity contribution in [2.45, 2.75) is 11.8 Å². The number of benzene rings is 1. The van der Waals surface area contributed by atoms with Crippen LogP contribution in [0.2, 0.25) is 0 Å². The Bertz CT molecular complexity index is 1030. The standard InChI is InChI=1S/C19H17N5OS/c1-13-15(9-16(10-20)24(13)2)11-22-23-18(25)12-26-17-7-3-5-14-6-4-8-21-19(14)17/h3-9,11H,12H2,1-2H3,(H,23,25)/b22-11-. The number of pyridine rings is 1. The summed E-state index contributed by atoms with van der Waals surface area (Å²) in [5, 5.41) is 14.1. The fourth-order valence-corrected chi connectivity index (χ4v) is 3.34. The average molecular weight is 363 g/mol. The number of fused-ring (bicyclic) bond motifs is 1. The third-order valence-corrected chi connectivity index (χ3v) is 5.08. The summed E-state index contributed by atoms with van der Waals surface area (Å²) < 4.78 is 1.78. The summed E-state index contributed by atoms with van der Waals surface area (Å²) in [7, 11) is 1.82. The Hall–Kier alpha value is -3.11. The van der Waals surface area contributed by atoms with Crippen molar-refractivity contribution in [3.63, 3.8) is 0 Å². The van der Waals surface area contributed by atoms with E-state index in [2.05, 4.69) is 21.6 Å². The predicted octanol–water partition coefficient (Wildman–Crippen LogP) is 3.00. The molecule has 7 heteroatoms. The van der Waals surface area contributed by atoms with Gasteiger partial charge in [0.1, 0.15) is 11.8 Å². The van der Waals surface area contributed by atoms with E-state index in [1.807, 2.05) is 44.3 Å². The first kappa shape index (κ1) is 17.7. The van der Waals surface area contributed by atoms with E-state index in [-0.39, 0.29) is 11.7 Å². The fraction of sp³-hybridized carbons (Fsp3) is 0.158. The van der Waals surface area contributed by atoms with Crippen LogP contribution in [0.3, 0.4) is 0 Å². The molecule has 0 fully saturated rings. The monoisotopic (exact) mass is 363 g/mol. The lowest BCUT2D eigenvalue weighted by atomic mass is 10.2. The number of carbonyl (C=O) groups excluding carboxylic acids is 1. The highest BCUT2D eigenvalue weighted by molar-refractivity contribution is 8.00. The molecular formula is C19H17N5OS. The molecule has 0 bridgehead atoms. The Kier molecular flexibility index (Phi) is 5.34. The number of aromatic nitrogens is 2. The van der Waals surface area contributed by atoms with Crippen LogP contribution < -0.4 is 5.43 Å². The van der Waals surface area contributed by atoms with Gasteiger partial charge in [0.05, 0.1) is 17.5 Å². The summed E-state index contributed by atoms with van der Waals surface area (Å²) in [5.74, 6) is 0.0397. The average Bonchev–Trinajstić information content (AvgIpc) is 2.94. The number of nitrogens with zero attached hydrogens (tertiary/aromatic N) is 4. The minimum Gasteiger partial charge on any atom is -0.339 e. The minimum absolute atomic E-state index is 0.201. The zero-order chi connectivity index (χ0) is 18.5. The van der Waals surface area contributed by atoms with Gasteiger partial charge in [0, 0.05) is 34.8 Å². The number of amides is 1. The molecule has 0 saturated carbocycles. The summed E-state index contributed by atoms with van der Waals surface area (Å²) in [6.45, 7) is 1.90. The van der Waals surface area contributed by atoms with Gasteiger partial charge in [-0.25, -0.2) is 5.43 Å². The SMILES string of the molecule is Cc1c(/C=N\NC(=O)CSc2cccc3cccnc23)cc(C#N)n1C. The summed E-state index contributed by atoms with van der Waals surface area (Å²) >= 11 is 1.42. The van der Waals surface area contributed by atoms with Crippen LogP contribution in [-0.2, 0) is 11.8 Å². The smallest absolute Gasteiger partial charge is 0.250 e. The molecule has 26 heavy (non-hydrogen) atoms. The largest absolute Gasteiger partial charge is 0.339 e. The fourth-order valence-electron chi connectivity index (χ4n) is 2.50. The Morgan fingerprint density at radius 1 is 1.42 bits per heavy atom. The number of para-hydroxylation sites is 1. The predicted molar refractivity (Wildman–Crippen MR) is 103 cm³/mol. The lowest BCUT2D eigenvalue weighted by Gasteiger charge is -2.04. The maximum atomic E-state index is 12.0. The van der Waals surface area contributed by atoms with E-state index in [0.717, 1.165) is 27.1 Å². The van der Waals surface area contributed by atoms with Crippen LogP contribution in [0.5, 0.6) is 0 Å². The van der Waals surface area contributed by atoms with Crippen LogP contribution >= 0.6 is 11.8 Å². The molecule has 0 aliphatic carbocycles. The first-order valence-electron chi connectivity index (χ1n) is 7.95. The van der Waals surface area contributed by atoms with Crippen molar-refractivity contribution in [1.29, 1.82) is 5.26 Å². The molecule has 0 unspecified atom stereocenters. The number of hydrazone groups is 1. The van der Waals surface area contributed by atoms with Gasteiger partial charge in [-0.2, -0.15) is 10.4 Å². The quantitative estimate of drug-likeness (QED) is 0.429. The molecule has 0 spiro atoms. The van der Waals surface area contributed by atoms with Gasteiger partial charge >= 0.3 is 0 Å². The molecule has 6 nitrogen and oxygen atoms in total. The Labute approximate surface area is 155 Å². The molecule has 1 N–H and O–H groups in total. The van der Waals surface area contributed by atoms with Crippen LogP contribution in [0, 0.1) is 18.3 Å². The maximum Gasteiger partial charge on any atom is 0.250 e. The molecule has 2 aromatic heterocycles. The van der Waals surface area contributed by atoms with Crippen LogP contribution in [0.4, 0.5) is 0 Å². The number of nitrogens with one attached hydrogen (secondary N) is 1. The third kappa shape index (κ3) is 3.76. The van der Waals surface area contributed by atoms with Gasteiger partial charge < -0.3 is 4.57 Å². The zero-order valence-corrected chi connectivity index (χ0v) is 15.2. The number of hydrogen-bond acceptors (Lipinski definition) is 5. The summed E-state index contributed by atoms with van der Waals surface area (Å²) in [4.78, 5) is 17.4. The van der Waals surface area contributed by atoms with Crippen molar-refractivity contribution in [1.82, 2.24) is 15.0 Å². The van der Waals surface area contributed by atoms with Gasteiger partial charge in [-0.3, -0.25) is 9.78 Å². The summed E-state index contributed by atoms with van der Waals surface area (Å²) in [5.41, 5.74) is 5.67. The van der Waals surface area contributed by atoms with Crippen molar-refractivity contribution in [2.75, 3.05) is 5.75 Å². The highest BCUT2D eigenvalue weighted by Gasteiger charge is 2.08. The molecule has 130 valence electrons. The summed E-state index contributed by atoms with van der Waals surface area (Å²) in [6.07, 6.45) is 3.30. The van der Waals surface area contributed by atoms with Gasteiger partial charge in [-0.15, -0.1) is 11.8 Å². The number of hydrogen-bond donors (Lipinski definition) is 1. The van der Waals surface area contributed by atoms with E-state index in [9.17, 15) is 4.79 Å². The first-order valence-corrected chi connectivity index (χ1v) is 8.93. The molecule has 0 atom stereocenters.